The molecule has 1 aromatic heterocycles. The van der Waals surface area contributed by atoms with Crippen LogP contribution in [0.2, 0.25) is 0 Å². The molecule has 1 amide bonds. The highest BCUT2D eigenvalue weighted by Gasteiger charge is 2.22. The Bertz CT molecular complexity index is 1110. The second-order valence-corrected chi connectivity index (χ2v) is 8.78. The van der Waals surface area contributed by atoms with Gasteiger partial charge in [-0.15, -0.1) is 10.2 Å². The summed E-state index contributed by atoms with van der Waals surface area (Å²) in [7, 11) is 0. The number of likely N-dealkylation sites (tertiary alicyclic amines) is 1. The summed E-state index contributed by atoms with van der Waals surface area (Å²) in [5.74, 6) is 0.423. The van der Waals surface area contributed by atoms with Crippen LogP contribution < -0.4 is 4.74 Å². The lowest BCUT2D eigenvalue weighted by atomic mass is 10.1. The minimum atomic E-state index is -1.03. The Kier molecular flexibility index (Phi) is 5.99. The van der Waals surface area contributed by atoms with Crippen LogP contribution in [0.1, 0.15) is 53.5 Å². The molecule has 0 bridgehead atoms. The fourth-order valence-electron chi connectivity index (χ4n) is 3.37. The van der Waals surface area contributed by atoms with Gasteiger partial charge in [-0.05, 0) is 42.8 Å². The SMILES string of the molecule is CC(C)c1nnc(-c2ccc(Oc3cc(C(=O)O)ccc3CN3CCCC3=O)cc2)s1. The maximum Gasteiger partial charge on any atom is 0.335 e. The highest BCUT2D eigenvalue weighted by molar-refractivity contribution is 7.14. The predicted molar refractivity (Wildman–Crippen MR) is 118 cm³/mol. The molecule has 160 valence electrons. The van der Waals surface area contributed by atoms with E-state index in [-0.39, 0.29) is 11.5 Å². The lowest BCUT2D eigenvalue weighted by Crippen LogP contribution is -2.24. The molecule has 0 unspecified atom stereocenters. The number of carbonyl (C=O) groups is 2. The Hall–Kier alpha value is -3.26. The van der Waals surface area contributed by atoms with E-state index >= 15 is 0 Å². The normalized spacial score (nSPS) is 13.8. The fraction of sp³-hybridized carbons (Fsp3) is 0.304. The van der Waals surface area contributed by atoms with Crippen LogP contribution in [0.4, 0.5) is 0 Å². The first-order chi connectivity index (χ1) is 14.9. The third-order valence-corrected chi connectivity index (χ3v) is 6.38. The van der Waals surface area contributed by atoms with Crippen molar-refractivity contribution in [2.45, 2.75) is 39.2 Å². The van der Waals surface area contributed by atoms with E-state index in [2.05, 4.69) is 24.0 Å². The van der Waals surface area contributed by atoms with Crippen LogP contribution in [0.15, 0.2) is 42.5 Å². The van der Waals surface area contributed by atoms with Crippen molar-refractivity contribution in [3.8, 4) is 22.1 Å². The third-order valence-electron chi connectivity index (χ3n) is 5.11. The Morgan fingerprint density at radius 1 is 1.19 bits per heavy atom. The number of carboxylic acid groups (broad SMARTS) is 1. The van der Waals surface area contributed by atoms with Crippen molar-refractivity contribution in [2.75, 3.05) is 6.54 Å². The summed E-state index contributed by atoms with van der Waals surface area (Å²) in [6.45, 7) is 5.27. The van der Waals surface area contributed by atoms with E-state index in [1.165, 1.54) is 12.1 Å². The van der Waals surface area contributed by atoms with Gasteiger partial charge in [-0.1, -0.05) is 31.3 Å². The molecule has 1 N–H and O–H groups in total. The number of hydrogen-bond donors (Lipinski definition) is 1. The summed E-state index contributed by atoms with van der Waals surface area (Å²) in [6.07, 6.45) is 1.39. The maximum absolute atomic E-state index is 12.0. The van der Waals surface area contributed by atoms with Gasteiger partial charge in [0.05, 0.1) is 5.56 Å². The van der Waals surface area contributed by atoms with Crippen molar-refractivity contribution in [3.63, 3.8) is 0 Å². The standard InChI is InChI=1S/C23H23N3O4S/c1-14(2)21-24-25-22(31-21)15-7-9-18(10-8-15)30-19-12-16(23(28)29)5-6-17(19)13-26-11-3-4-20(26)27/h5-10,12,14H,3-4,11,13H2,1-2H3,(H,28,29). The van der Waals surface area contributed by atoms with Crippen molar-refractivity contribution in [3.05, 3.63) is 58.6 Å². The van der Waals surface area contributed by atoms with Crippen LogP contribution in [-0.4, -0.2) is 38.6 Å². The zero-order valence-corrected chi connectivity index (χ0v) is 18.2. The van der Waals surface area contributed by atoms with Crippen molar-refractivity contribution in [1.82, 2.24) is 15.1 Å². The van der Waals surface area contributed by atoms with Gasteiger partial charge in [0.1, 0.15) is 21.5 Å². The van der Waals surface area contributed by atoms with Crippen LogP contribution >= 0.6 is 11.3 Å². The number of carbonyl (C=O) groups excluding carboxylic acids is 1. The monoisotopic (exact) mass is 437 g/mol. The Balaban J connectivity index is 1.57. The summed E-state index contributed by atoms with van der Waals surface area (Å²) in [5.41, 5.74) is 1.85. The average Bonchev–Trinajstić information content (AvgIpc) is 3.39. The number of amides is 1. The number of ether oxygens (including phenoxy) is 1. The zero-order valence-electron chi connectivity index (χ0n) is 17.4. The second-order valence-electron chi connectivity index (χ2n) is 7.77. The first-order valence-corrected chi connectivity index (χ1v) is 11.0. The second kappa shape index (κ2) is 8.85. The molecule has 1 fully saturated rings. The molecule has 0 atom stereocenters. The molecule has 4 rings (SSSR count). The van der Waals surface area contributed by atoms with Gasteiger partial charge >= 0.3 is 5.97 Å². The number of nitrogens with zero attached hydrogens (tertiary/aromatic N) is 3. The van der Waals surface area contributed by atoms with Gasteiger partial charge in [-0.3, -0.25) is 4.79 Å². The molecule has 2 heterocycles. The predicted octanol–water partition coefficient (Wildman–Crippen LogP) is 4.94. The van der Waals surface area contributed by atoms with Crippen molar-refractivity contribution >= 4 is 23.2 Å². The molecule has 0 spiro atoms. The first-order valence-electron chi connectivity index (χ1n) is 10.2. The van der Waals surface area contributed by atoms with Crippen molar-refractivity contribution in [1.29, 1.82) is 0 Å². The van der Waals surface area contributed by atoms with Gasteiger partial charge in [-0.25, -0.2) is 4.79 Å². The summed E-state index contributed by atoms with van der Waals surface area (Å²) < 4.78 is 6.05. The Labute approximate surface area is 184 Å². The molecule has 0 saturated carbocycles. The molecule has 0 aliphatic carbocycles. The van der Waals surface area contributed by atoms with E-state index in [0.717, 1.165) is 27.6 Å². The Morgan fingerprint density at radius 3 is 2.58 bits per heavy atom. The first kappa shape index (κ1) is 21.0. The third kappa shape index (κ3) is 4.74. The maximum atomic E-state index is 12.0. The van der Waals surface area contributed by atoms with Gasteiger partial charge in [0.2, 0.25) is 5.91 Å². The van der Waals surface area contributed by atoms with Crippen LogP contribution in [0.3, 0.4) is 0 Å². The van der Waals surface area contributed by atoms with Crippen molar-refractivity contribution in [2.24, 2.45) is 0 Å². The molecule has 2 aromatic carbocycles. The van der Waals surface area contributed by atoms with Crippen molar-refractivity contribution < 1.29 is 19.4 Å². The highest BCUT2D eigenvalue weighted by atomic mass is 32.1. The van der Waals surface area contributed by atoms with Crippen LogP contribution in [0.25, 0.3) is 10.6 Å². The van der Waals surface area contributed by atoms with E-state index in [1.54, 1.807) is 22.3 Å². The highest BCUT2D eigenvalue weighted by Crippen LogP contribution is 2.32. The Morgan fingerprint density at radius 2 is 1.97 bits per heavy atom. The number of rotatable bonds is 7. The molecule has 3 aromatic rings. The van der Waals surface area contributed by atoms with Gasteiger partial charge in [0.15, 0.2) is 0 Å². The topological polar surface area (TPSA) is 92.6 Å². The molecule has 1 aliphatic heterocycles. The van der Waals surface area contributed by atoms with Gasteiger partial charge in [0, 0.05) is 36.6 Å². The molecule has 1 aliphatic rings. The summed E-state index contributed by atoms with van der Waals surface area (Å²) in [4.78, 5) is 25.2. The van der Waals surface area contributed by atoms with Gasteiger partial charge in [0.25, 0.3) is 0 Å². The van der Waals surface area contributed by atoms with E-state index in [4.69, 9.17) is 4.74 Å². The molecule has 8 heteroatoms. The molecule has 31 heavy (non-hydrogen) atoms. The number of aromatic nitrogens is 2. The molecule has 7 nitrogen and oxygen atoms in total. The average molecular weight is 438 g/mol. The molecule has 1 saturated heterocycles. The minimum Gasteiger partial charge on any atom is -0.478 e. The largest absolute Gasteiger partial charge is 0.478 e. The molecular formula is C23H23N3O4S. The van der Waals surface area contributed by atoms with Crippen LogP contribution in [0.5, 0.6) is 11.5 Å². The van der Waals surface area contributed by atoms with Gasteiger partial charge in [-0.2, -0.15) is 0 Å². The lowest BCUT2D eigenvalue weighted by Gasteiger charge is -2.18. The number of aromatic carboxylic acids is 1. The summed E-state index contributed by atoms with van der Waals surface area (Å²) in [5, 5.41) is 19.7. The quantitative estimate of drug-likeness (QED) is 0.563. The van der Waals surface area contributed by atoms with Crippen LogP contribution in [0, 0.1) is 0 Å². The van der Waals surface area contributed by atoms with E-state index in [9.17, 15) is 14.7 Å². The lowest BCUT2D eigenvalue weighted by molar-refractivity contribution is -0.128. The minimum absolute atomic E-state index is 0.107. The van der Waals surface area contributed by atoms with Gasteiger partial charge < -0.3 is 14.7 Å². The number of hydrogen-bond acceptors (Lipinski definition) is 6. The smallest absolute Gasteiger partial charge is 0.335 e. The van der Waals surface area contributed by atoms with E-state index < -0.39 is 5.97 Å². The van der Waals surface area contributed by atoms with E-state index in [0.29, 0.717) is 36.9 Å². The summed E-state index contributed by atoms with van der Waals surface area (Å²) in [6, 6.07) is 12.2. The number of carboxylic acids is 1. The zero-order chi connectivity index (χ0) is 22.0. The van der Waals surface area contributed by atoms with E-state index in [1.807, 2.05) is 24.3 Å². The van der Waals surface area contributed by atoms with Crippen LogP contribution in [-0.2, 0) is 11.3 Å². The summed E-state index contributed by atoms with van der Waals surface area (Å²) >= 11 is 1.56. The molecule has 0 radical (unpaired) electrons. The number of benzene rings is 2. The molecular weight excluding hydrogens is 414 g/mol. The fourth-order valence-corrected chi connectivity index (χ4v) is 4.22.